The summed E-state index contributed by atoms with van der Waals surface area (Å²) >= 11 is 0. The van der Waals surface area contributed by atoms with Crippen molar-refractivity contribution in [3.05, 3.63) is 0 Å². The number of hydrogen-bond acceptors (Lipinski definition) is 2. The third kappa shape index (κ3) is 7.08. The summed E-state index contributed by atoms with van der Waals surface area (Å²) in [6.07, 6.45) is 14.2. The molecule has 2 unspecified atom stereocenters. The van der Waals surface area contributed by atoms with Crippen LogP contribution in [0.15, 0.2) is 0 Å². The standard InChI is InChI=1S/C18H38N2/c1-16(2)15-20(4)18-14-12-10-8-6-5-7-9-11-13-17(18)19-3/h16-19H,5-15H2,1-4H3. The fraction of sp³-hybridized carbons (Fsp3) is 1.00. The Bertz CT molecular complexity index is 227. The largest absolute Gasteiger partial charge is 0.315 e. The molecule has 120 valence electrons. The molecule has 20 heavy (non-hydrogen) atoms. The quantitative estimate of drug-likeness (QED) is 0.820. The fourth-order valence-corrected chi connectivity index (χ4v) is 3.75. The highest BCUT2D eigenvalue weighted by Crippen LogP contribution is 2.20. The maximum atomic E-state index is 3.62. The van der Waals surface area contributed by atoms with Gasteiger partial charge in [-0.2, -0.15) is 0 Å². The summed E-state index contributed by atoms with van der Waals surface area (Å²) in [4.78, 5) is 2.62. The van der Waals surface area contributed by atoms with Crippen molar-refractivity contribution in [2.75, 3.05) is 20.6 Å². The highest BCUT2D eigenvalue weighted by molar-refractivity contribution is 4.83. The molecule has 0 radical (unpaired) electrons. The van der Waals surface area contributed by atoms with Crippen molar-refractivity contribution in [3.8, 4) is 0 Å². The van der Waals surface area contributed by atoms with Gasteiger partial charge in [-0.05, 0) is 32.9 Å². The van der Waals surface area contributed by atoms with Gasteiger partial charge < -0.3 is 10.2 Å². The average molecular weight is 283 g/mol. The molecule has 1 saturated carbocycles. The van der Waals surface area contributed by atoms with Crippen LogP contribution in [-0.4, -0.2) is 37.6 Å². The lowest BCUT2D eigenvalue weighted by atomic mass is 9.92. The number of rotatable bonds is 4. The minimum absolute atomic E-state index is 0.679. The minimum atomic E-state index is 0.679. The Labute approximate surface area is 127 Å². The lowest BCUT2D eigenvalue weighted by molar-refractivity contribution is 0.158. The maximum absolute atomic E-state index is 3.62. The second-order valence-corrected chi connectivity index (χ2v) is 7.20. The summed E-state index contributed by atoms with van der Waals surface area (Å²) in [5.74, 6) is 0.763. The summed E-state index contributed by atoms with van der Waals surface area (Å²) < 4.78 is 0. The molecule has 0 aromatic rings. The molecule has 1 N–H and O–H groups in total. The Morgan fingerprint density at radius 2 is 1.40 bits per heavy atom. The first-order valence-corrected chi connectivity index (χ1v) is 9.02. The normalized spacial score (nSPS) is 27.3. The average Bonchev–Trinajstić information content (AvgIpc) is 2.38. The molecular weight excluding hydrogens is 244 g/mol. The van der Waals surface area contributed by atoms with E-state index in [4.69, 9.17) is 0 Å². The van der Waals surface area contributed by atoms with E-state index in [1.54, 1.807) is 0 Å². The summed E-state index contributed by atoms with van der Waals surface area (Å²) in [7, 11) is 4.49. The first-order chi connectivity index (χ1) is 9.65. The second kappa shape index (κ2) is 10.6. The number of nitrogens with zero attached hydrogens (tertiary/aromatic N) is 1. The monoisotopic (exact) mass is 282 g/mol. The summed E-state index contributed by atoms with van der Waals surface area (Å²) in [6.45, 7) is 5.89. The molecule has 1 fully saturated rings. The molecular formula is C18H38N2. The Kier molecular flexibility index (Phi) is 9.54. The molecule has 0 aromatic carbocycles. The van der Waals surface area contributed by atoms with Crippen molar-refractivity contribution in [3.63, 3.8) is 0 Å². The van der Waals surface area contributed by atoms with Crippen molar-refractivity contribution in [2.24, 2.45) is 5.92 Å². The molecule has 1 aliphatic rings. The van der Waals surface area contributed by atoms with Gasteiger partial charge in [0, 0.05) is 18.6 Å². The molecule has 2 nitrogen and oxygen atoms in total. The second-order valence-electron chi connectivity index (χ2n) is 7.20. The van der Waals surface area contributed by atoms with Crippen molar-refractivity contribution in [1.82, 2.24) is 10.2 Å². The third-order valence-electron chi connectivity index (χ3n) is 4.82. The third-order valence-corrected chi connectivity index (χ3v) is 4.82. The number of nitrogens with one attached hydrogen (secondary N) is 1. The van der Waals surface area contributed by atoms with Gasteiger partial charge in [0.15, 0.2) is 0 Å². The molecule has 0 heterocycles. The van der Waals surface area contributed by atoms with Gasteiger partial charge in [0.2, 0.25) is 0 Å². The van der Waals surface area contributed by atoms with Crippen LogP contribution >= 0.6 is 0 Å². The van der Waals surface area contributed by atoms with Crippen LogP contribution in [0, 0.1) is 5.92 Å². The van der Waals surface area contributed by atoms with Crippen LogP contribution in [0.4, 0.5) is 0 Å². The molecule has 0 bridgehead atoms. The predicted octanol–water partition coefficient (Wildman–Crippen LogP) is 4.45. The van der Waals surface area contributed by atoms with E-state index in [0.717, 1.165) is 12.0 Å². The van der Waals surface area contributed by atoms with Gasteiger partial charge in [0.25, 0.3) is 0 Å². The topological polar surface area (TPSA) is 15.3 Å². The Balaban J connectivity index is 2.59. The van der Waals surface area contributed by atoms with Crippen LogP contribution in [0.1, 0.15) is 78.1 Å². The smallest absolute Gasteiger partial charge is 0.0246 e. The molecule has 0 saturated heterocycles. The number of hydrogen-bond donors (Lipinski definition) is 1. The van der Waals surface area contributed by atoms with Crippen LogP contribution < -0.4 is 5.32 Å². The van der Waals surface area contributed by atoms with Gasteiger partial charge in [-0.25, -0.2) is 0 Å². The van der Waals surface area contributed by atoms with Gasteiger partial charge in [0.1, 0.15) is 0 Å². The van der Waals surface area contributed by atoms with E-state index in [1.807, 2.05) is 0 Å². The molecule has 1 aliphatic carbocycles. The van der Waals surface area contributed by atoms with E-state index in [-0.39, 0.29) is 0 Å². The minimum Gasteiger partial charge on any atom is -0.315 e. The van der Waals surface area contributed by atoms with Crippen molar-refractivity contribution < 1.29 is 0 Å². The lowest BCUT2D eigenvalue weighted by Gasteiger charge is -2.36. The van der Waals surface area contributed by atoms with E-state index >= 15 is 0 Å². The Morgan fingerprint density at radius 1 is 0.900 bits per heavy atom. The van der Waals surface area contributed by atoms with Crippen LogP contribution in [0.3, 0.4) is 0 Å². The highest BCUT2D eigenvalue weighted by atomic mass is 15.2. The predicted molar refractivity (Wildman–Crippen MR) is 90.3 cm³/mol. The van der Waals surface area contributed by atoms with E-state index in [1.165, 1.54) is 70.8 Å². The zero-order valence-corrected chi connectivity index (χ0v) is 14.5. The highest BCUT2D eigenvalue weighted by Gasteiger charge is 2.24. The van der Waals surface area contributed by atoms with Crippen molar-refractivity contribution in [1.29, 1.82) is 0 Å². The van der Waals surface area contributed by atoms with Crippen LogP contribution in [-0.2, 0) is 0 Å². The van der Waals surface area contributed by atoms with Crippen molar-refractivity contribution in [2.45, 2.75) is 90.1 Å². The molecule has 0 amide bonds. The van der Waals surface area contributed by atoms with Crippen LogP contribution in [0.5, 0.6) is 0 Å². The maximum Gasteiger partial charge on any atom is 0.0246 e. The first kappa shape index (κ1) is 18.0. The van der Waals surface area contributed by atoms with E-state index in [9.17, 15) is 0 Å². The molecule has 0 spiro atoms. The summed E-state index contributed by atoms with van der Waals surface area (Å²) in [5, 5.41) is 3.62. The van der Waals surface area contributed by atoms with Gasteiger partial charge in [-0.1, -0.05) is 65.2 Å². The molecule has 0 aliphatic heterocycles. The van der Waals surface area contributed by atoms with Crippen molar-refractivity contribution >= 4 is 0 Å². The van der Waals surface area contributed by atoms with Crippen LogP contribution in [0.2, 0.25) is 0 Å². The van der Waals surface area contributed by atoms with Gasteiger partial charge >= 0.3 is 0 Å². The van der Waals surface area contributed by atoms with E-state index in [0.29, 0.717) is 6.04 Å². The SMILES string of the molecule is CNC1CCCCCCCCCCC1N(C)CC(C)C. The molecule has 1 rings (SSSR count). The van der Waals surface area contributed by atoms with E-state index < -0.39 is 0 Å². The van der Waals surface area contributed by atoms with E-state index in [2.05, 4.69) is 38.2 Å². The van der Waals surface area contributed by atoms with Gasteiger partial charge in [0.05, 0.1) is 0 Å². The molecule has 2 heteroatoms. The molecule has 2 atom stereocenters. The van der Waals surface area contributed by atoms with Gasteiger partial charge in [-0.15, -0.1) is 0 Å². The summed E-state index contributed by atoms with van der Waals surface area (Å²) in [6, 6.07) is 1.40. The zero-order valence-electron chi connectivity index (χ0n) is 14.5. The first-order valence-electron chi connectivity index (χ1n) is 9.02. The number of likely N-dealkylation sites (N-methyl/N-ethyl adjacent to an activating group) is 2. The Hall–Kier alpha value is -0.0800. The van der Waals surface area contributed by atoms with Gasteiger partial charge in [-0.3, -0.25) is 0 Å². The Morgan fingerprint density at radius 3 is 1.90 bits per heavy atom. The molecule has 0 aromatic heterocycles. The van der Waals surface area contributed by atoms with Crippen LogP contribution in [0.25, 0.3) is 0 Å². The zero-order chi connectivity index (χ0) is 14.8. The lowest BCUT2D eigenvalue weighted by Crippen LogP contribution is -2.48. The fourth-order valence-electron chi connectivity index (χ4n) is 3.75. The summed E-state index contributed by atoms with van der Waals surface area (Å²) in [5.41, 5.74) is 0.